The zero-order chi connectivity index (χ0) is 13.8. The number of methoxy groups -OCH3 is 1. The lowest BCUT2D eigenvalue weighted by Gasteiger charge is -2.11. The van der Waals surface area contributed by atoms with Gasteiger partial charge in [-0.25, -0.2) is 8.42 Å². The highest BCUT2D eigenvalue weighted by molar-refractivity contribution is 7.90. The lowest BCUT2D eigenvalue weighted by molar-refractivity contribution is 0.311. The van der Waals surface area contributed by atoms with Gasteiger partial charge < -0.3 is 15.2 Å². The van der Waals surface area contributed by atoms with Crippen molar-refractivity contribution >= 4 is 27.0 Å². The molecule has 0 spiro atoms. The Balaban J connectivity index is 2.80. The molecule has 0 radical (unpaired) electrons. The average Bonchev–Trinajstić information content (AvgIpc) is 2.27. The minimum atomic E-state index is -3.04. The molecule has 2 N–H and O–H groups in total. The maximum absolute atomic E-state index is 11.0. The van der Waals surface area contributed by atoms with Crippen LogP contribution in [0, 0.1) is 0 Å². The second-order valence-corrected chi connectivity index (χ2v) is 6.41. The summed E-state index contributed by atoms with van der Waals surface area (Å²) in [4.78, 5) is 0.260. The molecule has 0 aliphatic rings. The second-order valence-electron chi connectivity index (χ2n) is 3.71. The van der Waals surface area contributed by atoms with E-state index in [2.05, 4.69) is 0 Å². The molecule has 0 unspecified atom stereocenters. The fourth-order valence-electron chi connectivity index (χ4n) is 1.24. The summed E-state index contributed by atoms with van der Waals surface area (Å²) in [5.41, 5.74) is 6.16. The summed E-state index contributed by atoms with van der Waals surface area (Å²) in [6.07, 6.45) is 1.16. The highest BCUT2D eigenvalue weighted by Crippen LogP contribution is 2.27. The molecule has 0 saturated carbocycles. The zero-order valence-electron chi connectivity index (χ0n) is 10.2. The normalized spacial score (nSPS) is 11.0. The first-order valence-electron chi connectivity index (χ1n) is 5.12. The van der Waals surface area contributed by atoms with Gasteiger partial charge in [-0.05, 0) is 18.2 Å². The van der Waals surface area contributed by atoms with E-state index in [9.17, 15) is 8.42 Å². The molecule has 7 heteroatoms. The molecule has 100 valence electrons. The van der Waals surface area contributed by atoms with Gasteiger partial charge >= 0.3 is 0 Å². The smallest absolute Gasteiger partial charge is 0.161 e. The number of benzene rings is 1. The maximum Gasteiger partial charge on any atom is 0.161 e. The van der Waals surface area contributed by atoms with E-state index in [1.165, 1.54) is 7.11 Å². The van der Waals surface area contributed by atoms with Crippen LogP contribution < -0.4 is 15.2 Å². The van der Waals surface area contributed by atoms with Gasteiger partial charge in [-0.3, -0.25) is 0 Å². The molecule has 1 aromatic carbocycles. The standard InChI is InChI=1S/C11H15NO4S2/c1-15-10-7-8(11(12)17)3-4-9(10)16-5-6-18(2,13)14/h3-4,7H,5-6H2,1-2H3,(H2,12,17). The van der Waals surface area contributed by atoms with Gasteiger partial charge in [0, 0.05) is 11.8 Å². The fraction of sp³-hybridized carbons (Fsp3) is 0.364. The van der Waals surface area contributed by atoms with Crippen molar-refractivity contribution in [1.29, 1.82) is 0 Å². The summed E-state index contributed by atoms with van der Waals surface area (Å²) in [5, 5.41) is 0. The Morgan fingerprint density at radius 3 is 2.56 bits per heavy atom. The predicted molar refractivity (Wildman–Crippen MR) is 74.1 cm³/mol. The SMILES string of the molecule is COc1cc(C(N)=S)ccc1OCCS(C)(=O)=O. The van der Waals surface area contributed by atoms with Gasteiger partial charge in [0.1, 0.15) is 11.6 Å². The Morgan fingerprint density at radius 2 is 2.06 bits per heavy atom. The Morgan fingerprint density at radius 1 is 1.39 bits per heavy atom. The van der Waals surface area contributed by atoms with E-state index in [4.69, 9.17) is 27.4 Å². The van der Waals surface area contributed by atoms with Gasteiger partial charge in [0.05, 0.1) is 12.9 Å². The van der Waals surface area contributed by atoms with Gasteiger partial charge in [-0.2, -0.15) is 0 Å². The lowest BCUT2D eigenvalue weighted by atomic mass is 10.2. The molecule has 1 aromatic rings. The van der Waals surface area contributed by atoms with E-state index in [0.717, 1.165) is 6.26 Å². The number of nitrogens with two attached hydrogens (primary N) is 1. The van der Waals surface area contributed by atoms with E-state index in [-0.39, 0.29) is 17.3 Å². The Labute approximate surface area is 112 Å². The average molecular weight is 289 g/mol. The third-order valence-electron chi connectivity index (χ3n) is 2.16. The van der Waals surface area contributed by atoms with Crippen molar-refractivity contribution in [3.8, 4) is 11.5 Å². The molecule has 0 aliphatic heterocycles. The van der Waals surface area contributed by atoms with Crippen LogP contribution >= 0.6 is 12.2 Å². The van der Waals surface area contributed by atoms with Crippen LogP contribution in [0.1, 0.15) is 5.56 Å². The van der Waals surface area contributed by atoms with E-state index in [1.807, 2.05) is 0 Å². The molecular formula is C11H15NO4S2. The molecule has 0 aliphatic carbocycles. The summed E-state index contributed by atoms with van der Waals surface area (Å²) in [6, 6.07) is 4.99. The van der Waals surface area contributed by atoms with Crippen molar-refractivity contribution < 1.29 is 17.9 Å². The molecule has 0 atom stereocenters. The quantitative estimate of drug-likeness (QED) is 0.779. The van der Waals surface area contributed by atoms with Gasteiger partial charge in [-0.1, -0.05) is 12.2 Å². The number of sulfone groups is 1. The summed E-state index contributed by atoms with van der Waals surface area (Å²) >= 11 is 4.85. The zero-order valence-corrected chi connectivity index (χ0v) is 11.8. The van der Waals surface area contributed by atoms with Crippen LogP contribution in [0.15, 0.2) is 18.2 Å². The molecule has 5 nitrogen and oxygen atoms in total. The molecule has 18 heavy (non-hydrogen) atoms. The summed E-state index contributed by atoms with van der Waals surface area (Å²) in [7, 11) is -1.55. The molecule has 1 rings (SSSR count). The monoisotopic (exact) mass is 289 g/mol. The molecule has 0 bridgehead atoms. The first kappa shape index (κ1) is 14.7. The number of hydrogen-bond acceptors (Lipinski definition) is 5. The maximum atomic E-state index is 11.0. The summed E-state index contributed by atoms with van der Waals surface area (Å²) in [6.45, 7) is 0.0710. The topological polar surface area (TPSA) is 78.6 Å². The van der Waals surface area contributed by atoms with E-state index >= 15 is 0 Å². The molecule has 0 fully saturated rings. The van der Waals surface area contributed by atoms with Crippen molar-refractivity contribution in [2.45, 2.75) is 0 Å². The van der Waals surface area contributed by atoms with E-state index < -0.39 is 9.84 Å². The molecular weight excluding hydrogens is 274 g/mol. The van der Waals surface area contributed by atoms with Crippen LogP contribution in [0.2, 0.25) is 0 Å². The van der Waals surface area contributed by atoms with Crippen molar-refractivity contribution in [2.24, 2.45) is 5.73 Å². The Kier molecular flexibility index (Phi) is 4.92. The third-order valence-corrected chi connectivity index (χ3v) is 3.30. The Hall–Kier alpha value is -1.34. The number of thiocarbonyl (C=S) groups is 1. The second kappa shape index (κ2) is 6.01. The van der Waals surface area contributed by atoms with Crippen LogP contribution in [0.4, 0.5) is 0 Å². The first-order valence-corrected chi connectivity index (χ1v) is 7.59. The Bertz CT molecular complexity index is 540. The molecule has 0 amide bonds. The minimum absolute atomic E-state index is 0.0484. The summed E-state index contributed by atoms with van der Waals surface area (Å²) < 4.78 is 32.4. The van der Waals surface area contributed by atoms with Gasteiger partial charge in [0.15, 0.2) is 21.3 Å². The predicted octanol–water partition coefficient (Wildman–Crippen LogP) is 0.753. The van der Waals surface area contributed by atoms with Crippen molar-refractivity contribution in [1.82, 2.24) is 0 Å². The van der Waals surface area contributed by atoms with Crippen LogP contribution in [-0.2, 0) is 9.84 Å². The van der Waals surface area contributed by atoms with Crippen LogP contribution in [-0.4, -0.2) is 39.1 Å². The highest BCUT2D eigenvalue weighted by atomic mass is 32.2. The minimum Gasteiger partial charge on any atom is -0.493 e. The van der Waals surface area contributed by atoms with Gasteiger partial charge in [0.25, 0.3) is 0 Å². The van der Waals surface area contributed by atoms with Crippen LogP contribution in [0.5, 0.6) is 11.5 Å². The van der Waals surface area contributed by atoms with E-state index in [0.29, 0.717) is 17.1 Å². The van der Waals surface area contributed by atoms with E-state index in [1.54, 1.807) is 18.2 Å². The molecule has 0 saturated heterocycles. The lowest BCUT2D eigenvalue weighted by Crippen LogP contribution is -2.13. The summed E-state index contributed by atoms with van der Waals surface area (Å²) in [5.74, 6) is 0.877. The first-order chi connectivity index (χ1) is 8.33. The van der Waals surface area contributed by atoms with Crippen LogP contribution in [0.25, 0.3) is 0 Å². The fourth-order valence-corrected chi connectivity index (χ4v) is 1.76. The number of rotatable bonds is 6. The molecule has 0 aromatic heterocycles. The highest BCUT2D eigenvalue weighted by Gasteiger charge is 2.08. The van der Waals surface area contributed by atoms with Crippen LogP contribution in [0.3, 0.4) is 0 Å². The van der Waals surface area contributed by atoms with Gasteiger partial charge in [0.2, 0.25) is 0 Å². The number of ether oxygens (including phenoxy) is 2. The van der Waals surface area contributed by atoms with Crippen molar-refractivity contribution in [3.63, 3.8) is 0 Å². The number of hydrogen-bond donors (Lipinski definition) is 1. The molecule has 0 heterocycles. The van der Waals surface area contributed by atoms with Crippen molar-refractivity contribution in [2.75, 3.05) is 25.7 Å². The van der Waals surface area contributed by atoms with Gasteiger partial charge in [-0.15, -0.1) is 0 Å². The largest absolute Gasteiger partial charge is 0.493 e. The third kappa shape index (κ3) is 4.50. The van der Waals surface area contributed by atoms with Crippen molar-refractivity contribution in [3.05, 3.63) is 23.8 Å².